The molecule has 4 rings (SSSR count). The molecule has 0 saturated carbocycles. The van der Waals surface area contributed by atoms with Crippen LogP contribution in [0.2, 0.25) is 0 Å². The van der Waals surface area contributed by atoms with Gasteiger partial charge >= 0.3 is 5.69 Å². The summed E-state index contributed by atoms with van der Waals surface area (Å²) in [5, 5.41) is 13.5. The van der Waals surface area contributed by atoms with Gasteiger partial charge in [0.25, 0.3) is 5.56 Å². The van der Waals surface area contributed by atoms with Crippen LogP contribution in [-0.2, 0) is 31.9 Å². The highest BCUT2D eigenvalue weighted by Crippen LogP contribution is 2.27. The Morgan fingerprint density at radius 1 is 1.19 bits per heavy atom. The van der Waals surface area contributed by atoms with E-state index in [0.29, 0.717) is 18.4 Å². The van der Waals surface area contributed by atoms with Gasteiger partial charge in [0, 0.05) is 26.2 Å². The Morgan fingerprint density at radius 3 is 2.74 bits per heavy atom. The molecule has 140 valence electrons. The number of imidazole rings is 1. The third-order valence-corrected chi connectivity index (χ3v) is 5.00. The number of hydrogen-bond donors (Lipinski definition) is 2. The lowest BCUT2D eigenvalue weighted by Crippen LogP contribution is -2.37. The van der Waals surface area contributed by atoms with E-state index >= 15 is 0 Å². The first-order valence-corrected chi connectivity index (χ1v) is 8.58. The zero-order valence-corrected chi connectivity index (χ0v) is 15.0. The molecule has 0 fully saturated rings. The smallest absolute Gasteiger partial charge is 0.332 e. The quantitative estimate of drug-likeness (QED) is 0.678. The molecular formula is C18H19N5O4. The lowest BCUT2D eigenvalue weighted by molar-refractivity contribution is -0.116. The molecular weight excluding hydrogens is 350 g/mol. The standard InChI is InChI=1S/C18H19N5O4/c1-21-16-15(17(26)22(2)18(21)27)23(9-19-16)8-13(24)11-3-5-12-10(7-11)4-6-14(25)20-12/h3,5,7,9,13,24H,4,6,8H2,1-2H3,(H,20,25). The molecule has 27 heavy (non-hydrogen) atoms. The molecule has 1 aliphatic rings. The number of benzene rings is 1. The van der Waals surface area contributed by atoms with Crippen molar-refractivity contribution in [3.8, 4) is 0 Å². The molecule has 1 amide bonds. The summed E-state index contributed by atoms with van der Waals surface area (Å²) >= 11 is 0. The Balaban J connectivity index is 1.70. The monoisotopic (exact) mass is 369 g/mol. The molecule has 0 saturated heterocycles. The van der Waals surface area contributed by atoms with Gasteiger partial charge in [0.15, 0.2) is 11.2 Å². The fraction of sp³-hybridized carbons (Fsp3) is 0.333. The van der Waals surface area contributed by atoms with Crippen molar-refractivity contribution in [1.82, 2.24) is 18.7 Å². The van der Waals surface area contributed by atoms with Crippen LogP contribution in [-0.4, -0.2) is 29.7 Å². The number of aryl methyl sites for hydroxylation is 2. The normalized spacial score (nSPS) is 14.9. The summed E-state index contributed by atoms with van der Waals surface area (Å²) in [6, 6.07) is 5.40. The number of anilines is 1. The molecule has 1 unspecified atom stereocenters. The molecule has 1 aromatic carbocycles. The van der Waals surface area contributed by atoms with Crippen molar-refractivity contribution >= 4 is 22.8 Å². The third-order valence-electron chi connectivity index (χ3n) is 5.00. The van der Waals surface area contributed by atoms with E-state index in [1.807, 2.05) is 6.07 Å². The summed E-state index contributed by atoms with van der Waals surface area (Å²) < 4.78 is 3.89. The SMILES string of the molecule is Cn1c(=O)c2c(ncn2CC(O)c2ccc3c(c2)CCC(=O)N3)n(C)c1=O. The molecule has 0 radical (unpaired) electrons. The Morgan fingerprint density at radius 2 is 1.96 bits per heavy atom. The van der Waals surface area contributed by atoms with Crippen LogP contribution in [0.25, 0.3) is 11.2 Å². The van der Waals surface area contributed by atoms with Crippen molar-refractivity contribution in [3.05, 3.63) is 56.5 Å². The largest absolute Gasteiger partial charge is 0.387 e. The number of fused-ring (bicyclic) bond motifs is 2. The maximum atomic E-state index is 12.5. The van der Waals surface area contributed by atoms with E-state index in [0.717, 1.165) is 15.8 Å². The van der Waals surface area contributed by atoms with Gasteiger partial charge in [-0.2, -0.15) is 0 Å². The van der Waals surface area contributed by atoms with Crippen molar-refractivity contribution < 1.29 is 9.90 Å². The molecule has 9 nitrogen and oxygen atoms in total. The second-order valence-electron chi connectivity index (χ2n) is 6.76. The first-order valence-electron chi connectivity index (χ1n) is 8.58. The molecule has 9 heteroatoms. The number of nitrogens with zero attached hydrogens (tertiary/aromatic N) is 4. The number of hydrogen-bond acceptors (Lipinski definition) is 5. The molecule has 1 aliphatic heterocycles. The topological polar surface area (TPSA) is 111 Å². The number of carbonyl (C=O) groups is 1. The molecule has 0 spiro atoms. The molecule has 3 aromatic rings. The number of nitrogens with one attached hydrogen (secondary N) is 1. The Hall–Kier alpha value is -3.20. The van der Waals surface area contributed by atoms with E-state index in [-0.39, 0.29) is 23.6 Å². The van der Waals surface area contributed by atoms with Crippen LogP contribution < -0.4 is 16.6 Å². The van der Waals surface area contributed by atoms with Crippen molar-refractivity contribution in [1.29, 1.82) is 0 Å². The van der Waals surface area contributed by atoms with Gasteiger partial charge in [-0.3, -0.25) is 18.7 Å². The highest BCUT2D eigenvalue weighted by molar-refractivity contribution is 5.93. The highest BCUT2D eigenvalue weighted by Gasteiger charge is 2.19. The predicted octanol–water partition coefficient (Wildman–Crippen LogP) is 0.0520. The predicted molar refractivity (Wildman–Crippen MR) is 98.6 cm³/mol. The summed E-state index contributed by atoms with van der Waals surface area (Å²) in [5.41, 5.74) is 2.07. The van der Waals surface area contributed by atoms with Gasteiger partial charge in [-0.25, -0.2) is 9.78 Å². The lowest BCUT2D eigenvalue weighted by atomic mass is 9.98. The van der Waals surface area contributed by atoms with E-state index in [1.54, 1.807) is 23.7 Å². The average molecular weight is 369 g/mol. The van der Waals surface area contributed by atoms with Crippen molar-refractivity contribution in [2.24, 2.45) is 14.1 Å². The van der Waals surface area contributed by atoms with E-state index in [2.05, 4.69) is 10.3 Å². The van der Waals surface area contributed by atoms with Crippen LogP contribution >= 0.6 is 0 Å². The maximum absolute atomic E-state index is 12.5. The fourth-order valence-corrected chi connectivity index (χ4v) is 3.44. The lowest BCUT2D eigenvalue weighted by Gasteiger charge is -2.19. The minimum atomic E-state index is -0.868. The summed E-state index contributed by atoms with van der Waals surface area (Å²) in [6.45, 7) is 0.120. The number of rotatable bonds is 3. The van der Waals surface area contributed by atoms with Gasteiger partial charge in [-0.05, 0) is 23.6 Å². The van der Waals surface area contributed by atoms with E-state index in [9.17, 15) is 19.5 Å². The third kappa shape index (κ3) is 2.76. The number of amides is 1. The summed E-state index contributed by atoms with van der Waals surface area (Å²) in [7, 11) is 2.96. The van der Waals surface area contributed by atoms with Crippen molar-refractivity contribution in [2.75, 3.05) is 5.32 Å². The van der Waals surface area contributed by atoms with Crippen LogP contribution in [0.3, 0.4) is 0 Å². The average Bonchev–Trinajstić information content (AvgIpc) is 3.07. The van der Waals surface area contributed by atoms with E-state index < -0.39 is 17.4 Å². The number of aliphatic hydroxyl groups excluding tert-OH is 1. The minimum absolute atomic E-state index is 0.0119. The number of aromatic nitrogens is 4. The van der Waals surface area contributed by atoms with Gasteiger partial charge in [0.1, 0.15) is 0 Å². The van der Waals surface area contributed by atoms with Crippen molar-refractivity contribution in [2.45, 2.75) is 25.5 Å². The molecule has 2 aromatic heterocycles. The van der Waals surface area contributed by atoms with Crippen LogP contribution in [0.5, 0.6) is 0 Å². The first-order chi connectivity index (χ1) is 12.9. The Bertz CT molecular complexity index is 1190. The molecule has 3 heterocycles. The second kappa shape index (κ2) is 6.20. The van der Waals surface area contributed by atoms with Crippen LogP contribution in [0, 0.1) is 0 Å². The zero-order chi connectivity index (χ0) is 19.3. The van der Waals surface area contributed by atoms with Crippen LogP contribution in [0.15, 0.2) is 34.1 Å². The molecule has 0 aliphatic carbocycles. The van der Waals surface area contributed by atoms with Gasteiger partial charge in [-0.1, -0.05) is 12.1 Å². The summed E-state index contributed by atoms with van der Waals surface area (Å²) in [6.07, 6.45) is 1.63. The van der Waals surface area contributed by atoms with Gasteiger partial charge in [-0.15, -0.1) is 0 Å². The zero-order valence-electron chi connectivity index (χ0n) is 15.0. The van der Waals surface area contributed by atoms with Crippen molar-refractivity contribution in [3.63, 3.8) is 0 Å². The number of carbonyl (C=O) groups excluding carboxylic acids is 1. The van der Waals surface area contributed by atoms with Crippen LogP contribution in [0.1, 0.15) is 23.7 Å². The van der Waals surface area contributed by atoms with Gasteiger partial charge < -0.3 is 15.0 Å². The summed E-state index contributed by atoms with van der Waals surface area (Å²) in [4.78, 5) is 40.1. The maximum Gasteiger partial charge on any atom is 0.332 e. The molecule has 2 N–H and O–H groups in total. The Kier molecular flexibility index (Phi) is 3.96. The highest BCUT2D eigenvalue weighted by atomic mass is 16.3. The first kappa shape index (κ1) is 17.2. The molecule has 0 bridgehead atoms. The molecule has 1 atom stereocenters. The minimum Gasteiger partial charge on any atom is -0.387 e. The van der Waals surface area contributed by atoms with Gasteiger partial charge in [0.05, 0.1) is 19.0 Å². The Labute approximate surface area is 153 Å². The van der Waals surface area contributed by atoms with E-state index in [4.69, 9.17) is 0 Å². The fourth-order valence-electron chi connectivity index (χ4n) is 3.44. The second-order valence-corrected chi connectivity index (χ2v) is 6.76. The van der Waals surface area contributed by atoms with Crippen LogP contribution in [0.4, 0.5) is 5.69 Å². The van der Waals surface area contributed by atoms with E-state index in [1.165, 1.54) is 17.9 Å². The summed E-state index contributed by atoms with van der Waals surface area (Å²) in [5.74, 6) is -0.0119. The number of aliphatic hydroxyl groups is 1. The van der Waals surface area contributed by atoms with Gasteiger partial charge in [0.2, 0.25) is 5.91 Å².